The van der Waals surface area contributed by atoms with Gasteiger partial charge in [0, 0.05) is 25.4 Å². The lowest BCUT2D eigenvalue weighted by Crippen LogP contribution is -2.31. The molecule has 1 fully saturated rings. The zero-order valence-electron chi connectivity index (χ0n) is 13.7. The number of rotatable bonds is 3. The lowest BCUT2D eigenvalue weighted by Gasteiger charge is -2.24. The molecule has 120 valence electrons. The lowest BCUT2D eigenvalue weighted by atomic mass is 10.0. The largest absolute Gasteiger partial charge is 0.335 e. The summed E-state index contributed by atoms with van der Waals surface area (Å²) in [7, 11) is 1.93. The highest BCUT2D eigenvalue weighted by molar-refractivity contribution is 5.79. The summed E-state index contributed by atoms with van der Waals surface area (Å²) >= 11 is 0. The Morgan fingerprint density at radius 3 is 2.96 bits per heavy atom. The maximum Gasteiger partial charge on any atom is 0.227 e. The molecule has 4 rings (SSSR count). The van der Waals surface area contributed by atoms with Gasteiger partial charge in [-0.15, -0.1) is 0 Å². The standard InChI is InChI=1S/C19H23N3O/c1-21-13-17(12-20-21)18-6-3-9-22(18)19(23)11-14-7-8-15-4-2-5-16(15)10-14/h7-8,10,12-13,18H,2-6,9,11H2,1H3/t18-/m1/s1. The molecule has 1 aliphatic carbocycles. The molecule has 0 spiro atoms. The number of carbonyl (C=O) groups excluding carboxylic acids is 1. The Morgan fingerprint density at radius 2 is 2.13 bits per heavy atom. The molecule has 1 aromatic heterocycles. The van der Waals surface area contributed by atoms with Gasteiger partial charge in [0.1, 0.15) is 0 Å². The molecule has 0 radical (unpaired) electrons. The quantitative estimate of drug-likeness (QED) is 0.874. The summed E-state index contributed by atoms with van der Waals surface area (Å²) in [6.45, 7) is 0.864. The molecule has 1 aromatic carbocycles. The predicted molar refractivity (Wildman–Crippen MR) is 89.1 cm³/mol. The normalized spacial score (nSPS) is 20.0. The van der Waals surface area contributed by atoms with Crippen LogP contribution in [0.25, 0.3) is 0 Å². The van der Waals surface area contributed by atoms with Crippen molar-refractivity contribution in [3.8, 4) is 0 Å². The summed E-state index contributed by atoms with van der Waals surface area (Å²) in [5, 5.41) is 4.26. The van der Waals surface area contributed by atoms with Crippen LogP contribution in [0.5, 0.6) is 0 Å². The van der Waals surface area contributed by atoms with Crippen LogP contribution < -0.4 is 0 Å². The Hall–Kier alpha value is -2.10. The fraction of sp³-hybridized carbons (Fsp3) is 0.474. The molecule has 2 heterocycles. The molecule has 0 unspecified atom stereocenters. The van der Waals surface area contributed by atoms with Crippen LogP contribution in [0.4, 0.5) is 0 Å². The minimum atomic E-state index is 0.200. The molecular weight excluding hydrogens is 286 g/mol. The van der Waals surface area contributed by atoms with Crippen LogP contribution in [-0.4, -0.2) is 27.1 Å². The SMILES string of the molecule is Cn1cc([C@H]2CCCN2C(=O)Cc2ccc3c(c2)CCC3)cn1. The molecule has 23 heavy (non-hydrogen) atoms. The van der Waals surface area contributed by atoms with E-state index in [-0.39, 0.29) is 11.9 Å². The molecule has 1 atom stereocenters. The van der Waals surface area contributed by atoms with E-state index in [0.29, 0.717) is 6.42 Å². The van der Waals surface area contributed by atoms with Gasteiger partial charge in [-0.1, -0.05) is 18.2 Å². The van der Waals surface area contributed by atoms with E-state index in [9.17, 15) is 4.79 Å². The summed E-state index contributed by atoms with van der Waals surface area (Å²) in [5.74, 6) is 0.245. The molecular formula is C19H23N3O. The van der Waals surface area contributed by atoms with E-state index >= 15 is 0 Å². The summed E-state index contributed by atoms with van der Waals surface area (Å²) in [6, 6.07) is 6.80. The Kier molecular flexibility index (Phi) is 3.68. The van der Waals surface area contributed by atoms with Crippen LogP contribution in [0, 0.1) is 0 Å². The van der Waals surface area contributed by atoms with Crippen molar-refractivity contribution in [2.45, 2.75) is 44.6 Å². The smallest absolute Gasteiger partial charge is 0.227 e. The van der Waals surface area contributed by atoms with Crippen molar-refractivity contribution in [1.82, 2.24) is 14.7 Å². The van der Waals surface area contributed by atoms with Gasteiger partial charge in [-0.3, -0.25) is 9.48 Å². The van der Waals surface area contributed by atoms with Crippen LogP contribution in [-0.2, 0) is 31.1 Å². The van der Waals surface area contributed by atoms with E-state index < -0.39 is 0 Å². The highest BCUT2D eigenvalue weighted by Gasteiger charge is 2.30. The van der Waals surface area contributed by atoms with Gasteiger partial charge >= 0.3 is 0 Å². The zero-order chi connectivity index (χ0) is 15.8. The van der Waals surface area contributed by atoms with Gasteiger partial charge in [0.25, 0.3) is 0 Å². The van der Waals surface area contributed by atoms with Crippen molar-refractivity contribution in [2.75, 3.05) is 6.54 Å². The van der Waals surface area contributed by atoms with Crippen molar-refractivity contribution in [1.29, 1.82) is 0 Å². The van der Waals surface area contributed by atoms with Crippen molar-refractivity contribution >= 4 is 5.91 Å². The van der Waals surface area contributed by atoms with Gasteiger partial charge in [-0.25, -0.2) is 0 Å². The summed E-state index contributed by atoms with van der Waals surface area (Å²) in [4.78, 5) is 14.9. The van der Waals surface area contributed by atoms with E-state index in [1.54, 1.807) is 0 Å². The first kappa shape index (κ1) is 14.5. The van der Waals surface area contributed by atoms with E-state index in [1.165, 1.54) is 30.4 Å². The van der Waals surface area contributed by atoms with Crippen LogP contribution in [0.3, 0.4) is 0 Å². The monoisotopic (exact) mass is 309 g/mol. The average Bonchev–Trinajstić information content (AvgIpc) is 3.26. The number of hydrogen-bond donors (Lipinski definition) is 0. The maximum atomic E-state index is 12.8. The molecule has 1 amide bonds. The van der Waals surface area contributed by atoms with Crippen LogP contribution in [0.1, 0.15) is 47.6 Å². The average molecular weight is 309 g/mol. The van der Waals surface area contributed by atoms with Gasteiger partial charge in [0.15, 0.2) is 0 Å². The fourth-order valence-corrected chi connectivity index (χ4v) is 4.04. The lowest BCUT2D eigenvalue weighted by molar-refractivity contribution is -0.131. The number of fused-ring (bicyclic) bond motifs is 1. The number of aromatic nitrogens is 2. The van der Waals surface area contributed by atoms with E-state index in [4.69, 9.17) is 0 Å². The highest BCUT2D eigenvalue weighted by atomic mass is 16.2. The van der Waals surface area contributed by atoms with Crippen LogP contribution in [0.15, 0.2) is 30.6 Å². The minimum Gasteiger partial charge on any atom is -0.335 e. The molecule has 0 N–H and O–H groups in total. The molecule has 0 bridgehead atoms. The third-order valence-electron chi connectivity index (χ3n) is 5.20. The molecule has 1 aliphatic heterocycles. The Bertz CT molecular complexity index is 734. The van der Waals surface area contributed by atoms with Crippen molar-refractivity contribution in [3.63, 3.8) is 0 Å². The number of hydrogen-bond acceptors (Lipinski definition) is 2. The van der Waals surface area contributed by atoms with E-state index in [0.717, 1.165) is 30.5 Å². The number of amides is 1. The minimum absolute atomic E-state index is 0.200. The maximum absolute atomic E-state index is 12.8. The third kappa shape index (κ3) is 2.78. The topological polar surface area (TPSA) is 38.1 Å². The van der Waals surface area contributed by atoms with Gasteiger partial charge in [0.2, 0.25) is 5.91 Å². The number of benzene rings is 1. The van der Waals surface area contributed by atoms with Gasteiger partial charge < -0.3 is 4.90 Å². The van der Waals surface area contributed by atoms with Crippen LogP contribution >= 0.6 is 0 Å². The first-order valence-corrected chi connectivity index (χ1v) is 8.59. The van der Waals surface area contributed by atoms with Crippen molar-refractivity contribution in [2.24, 2.45) is 7.05 Å². The van der Waals surface area contributed by atoms with Crippen LogP contribution in [0.2, 0.25) is 0 Å². The highest BCUT2D eigenvalue weighted by Crippen LogP contribution is 2.32. The first-order valence-electron chi connectivity index (χ1n) is 8.59. The second-order valence-electron chi connectivity index (χ2n) is 6.83. The summed E-state index contributed by atoms with van der Waals surface area (Å²) in [5.41, 5.74) is 5.23. The molecule has 2 aromatic rings. The van der Waals surface area contributed by atoms with E-state index in [2.05, 4.69) is 23.3 Å². The molecule has 1 saturated heterocycles. The second kappa shape index (κ2) is 5.84. The summed E-state index contributed by atoms with van der Waals surface area (Å²) < 4.78 is 1.82. The molecule has 4 nitrogen and oxygen atoms in total. The first-order chi connectivity index (χ1) is 11.2. The second-order valence-corrected chi connectivity index (χ2v) is 6.83. The van der Waals surface area contributed by atoms with Crippen molar-refractivity contribution < 1.29 is 4.79 Å². The Morgan fingerprint density at radius 1 is 1.26 bits per heavy atom. The van der Waals surface area contributed by atoms with Gasteiger partial charge in [0.05, 0.1) is 18.7 Å². The Labute approximate surface area is 137 Å². The predicted octanol–water partition coefficient (Wildman–Crippen LogP) is 2.82. The zero-order valence-corrected chi connectivity index (χ0v) is 13.7. The fourth-order valence-electron chi connectivity index (χ4n) is 4.04. The Balaban J connectivity index is 1.50. The molecule has 4 heteroatoms. The number of carbonyl (C=O) groups is 1. The number of nitrogens with zero attached hydrogens (tertiary/aromatic N) is 3. The van der Waals surface area contributed by atoms with Crippen molar-refractivity contribution in [3.05, 3.63) is 52.8 Å². The molecule has 0 saturated carbocycles. The van der Waals surface area contributed by atoms with Gasteiger partial charge in [-0.2, -0.15) is 5.10 Å². The van der Waals surface area contributed by atoms with Gasteiger partial charge in [-0.05, 0) is 48.8 Å². The summed E-state index contributed by atoms with van der Waals surface area (Å²) in [6.07, 6.45) is 10.2. The third-order valence-corrected chi connectivity index (χ3v) is 5.20. The van der Waals surface area contributed by atoms with E-state index in [1.807, 2.05) is 29.0 Å². The number of likely N-dealkylation sites (tertiary alicyclic amines) is 1. The number of aryl methyl sites for hydroxylation is 3. The molecule has 2 aliphatic rings.